The van der Waals surface area contributed by atoms with Gasteiger partial charge in [0, 0.05) is 57.3 Å². The van der Waals surface area contributed by atoms with Crippen LogP contribution in [0.15, 0.2) is 24.3 Å². The van der Waals surface area contributed by atoms with Crippen LogP contribution in [-0.2, 0) is 53.5 Å². The van der Waals surface area contributed by atoms with Crippen molar-refractivity contribution >= 4 is 36.2 Å². The molecule has 0 bridgehead atoms. The zero-order valence-corrected chi connectivity index (χ0v) is 21.6. The van der Waals surface area contributed by atoms with Crippen LogP contribution in [0.3, 0.4) is 0 Å². The second-order valence-electron chi connectivity index (χ2n) is 7.79. The van der Waals surface area contributed by atoms with Crippen LogP contribution in [0.25, 0.3) is 0 Å². The molecule has 7 N–H and O–H groups in total. The van der Waals surface area contributed by atoms with Crippen molar-refractivity contribution in [2.24, 2.45) is 29.0 Å². The molecule has 2 amide bonds. The fourth-order valence-electron chi connectivity index (χ4n) is 3.00. The molecule has 1 aliphatic carbocycles. The number of nitrogens with two attached hydrogens (primary N) is 3. The van der Waals surface area contributed by atoms with Gasteiger partial charge >= 0.3 is 6.09 Å². The predicted molar refractivity (Wildman–Crippen MR) is 119 cm³/mol. The van der Waals surface area contributed by atoms with E-state index in [1.165, 1.54) is 0 Å². The fraction of sp³-hybridized carbons (Fsp3) is 0.524. The minimum absolute atomic E-state index is 0. The van der Waals surface area contributed by atoms with Crippen LogP contribution in [0, 0.1) is 11.8 Å². The Hall–Kier alpha value is -1.33. The monoisotopic (exact) mass is 539 g/mol. The first-order chi connectivity index (χ1) is 14.7. The molecule has 173 valence electrons. The maximum absolute atomic E-state index is 12.0. The number of primary amides is 1. The maximum Gasteiger partial charge on any atom is 0.412 e. The van der Waals surface area contributed by atoms with E-state index < -0.39 is 30.0 Å². The quantitative estimate of drug-likeness (QED) is 0.225. The summed E-state index contributed by atoms with van der Waals surface area (Å²) in [6.45, 7) is 0.129. The normalized spacial score (nSPS) is 15.6. The molecule has 1 aliphatic rings. The number of Topliss-reactive ketones (excluding diaryl/α,β-unsaturated/α-hetero) is 2. The molecule has 9 nitrogen and oxygen atoms in total. The summed E-state index contributed by atoms with van der Waals surface area (Å²) in [5.74, 6) is -0.850. The molecule has 1 radical (unpaired) electrons. The Labute approximate surface area is 218 Å². The third-order valence-corrected chi connectivity index (χ3v) is 5.58. The Kier molecular flexibility index (Phi) is 12.6. The van der Waals surface area contributed by atoms with Crippen LogP contribution in [0.4, 0.5) is 4.79 Å². The SMILES string of the molecule is NC(=O)[C@H](CS)CC(=O)[C@@H](N)CCNC(=O)Oc1ccc(C[C@H](N)C(=O)C2CC2)cc1.[Y]. The van der Waals surface area contributed by atoms with Gasteiger partial charge in [-0.05, 0) is 43.4 Å². The molecule has 1 aromatic rings. The molecule has 0 aromatic heterocycles. The summed E-state index contributed by atoms with van der Waals surface area (Å²) in [5, 5.41) is 2.52. The Morgan fingerprint density at radius 2 is 1.72 bits per heavy atom. The number of ether oxygens (including phenoxy) is 1. The number of ketones is 2. The van der Waals surface area contributed by atoms with E-state index in [4.69, 9.17) is 21.9 Å². The van der Waals surface area contributed by atoms with Gasteiger partial charge in [0.25, 0.3) is 0 Å². The number of nitrogens with one attached hydrogen (secondary N) is 1. The van der Waals surface area contributed by atoms with Gasteiger partial charge in [-0.25, -0.2) is 4.79 Å². The van der Waals surface area contributed by atoms with Crippen LogP contribution in [0.2, 0.25) is 0 Å². The van der Waals surface area contributed by atoms with Crippen molar-refractivity contribution in [2.45, 2.75) is 44.2 Å². The van der Waals surface area contributed by atoms with Crippen molar-refractivity contribution in [2.75, 3.05) is 12.3 Å². The van der Waals surface area contributed by atoms with Crippen molar-refractivity contribution in [3.8, 4) is 5.75 Å². The molecular weight excluding hydrogens is 509 g/mol. The molecule has 0 heterocycles. The summed E-state index contributed by atoms with van der Waals surface area (Å²) in [5.41, 5.74) is 17.8. The van der Waals surface area contributed by atoms with E-state index in [9.17, 15) is 19.2 Å². The van der Waals surface area contributed by atoms with Crippen molar-refractivity contribution in [1.29, 1.82) is 0 Å². The molecule has 0 unspecified atom stereocenters. The molecule has 0 spiro atoms. The first-order valence-corrected chi connectivity index (χ1v) is 10.9. The van der Waals surface area contributed by atoms with E-state index in [1.807, 2.05) is 0 Å². The van der Waals surface area contributed by atoms with Crippen molar-refractivity contribution in [3.63, 3.8) is 0 Å². The molecule has 0 saturated heterocycles. The molecule has 2 rings (SSSR count). The minimum Gasteiger partial charge on any atom is -0.410 e. The Bertz CT molecular complexity index is 804. The molecule has 1 fully saturated rings. The van der Waals surface area contributed by atoms with Crippen LogP contribution < -0.4 is 27.3 Å². The van der Waals surface area contributed by atoms with Crippen molar-refractivity contribution in [3.05, 3.63) is 29.8 Å². The van der Waals surface area contributed by atoms with E-state index >= 15 is 0 Å². The first-order valence-electron chi connectivity index (χ1n) is 10.2. The summed E-state index contributed by atoms with van der Waals surface area (Å²) >= 11 is 4.00. The van der Waals surface area contributed by atoms with E-state index in [2.05, 4.69) is 17.9 Å². The number of rotatable bonds is 13. The molecule has 0 aliphatic heterocycles. The van der Waals surface area contributed by atoms with Gasteiger partial charge in [0.1, 0.15) is 11.5 Å². The van der Waals surface area contributed by atoms with E-state index in [-0.39, 0.29) is 75.3 Å². The predicted octanol–water partition coefficient (Wildman–Crippen LogP) is 0.329. The van der Waals surface area contributed by atoms with Crippen molar-refractivity contribution < 1.29 is 56.6 Å². The van der Waals surface area contributed by atoms with Gasteiger partial charge in [0.15, 0.2) is 5.78 Å². The van der Waals surface area contributed by atoms with Gasteiger partial charge in [0.2, 0.25) is 5.91 Å². The number of hydrogen-bond donors (Lipinski definition) is 5. The molecule has 11 heteroatoms. The average molecular weight is 539 g/mol. The molecule has 1 saturated carbocycles. The Morgan fingerprint density at radius 3 is 2.25 bits per heavy atom. The second kappa shape index (κ2) is 14.0. The molecule has 32 heavy (non-hydrogen) atoms. The molecule has 1 aromatic carbocycles. The minimum atomic E-state index is -0.830. The number of carbonyl (C=O) groups excluding carboxylic acids is 4. The van der Waals surface area contributed by atoms with Gasteiger partial charge < -0.3 is 27.3 Å². The number of carbonyl (C=O) groups is 4. The largest absolute Gasteiger partial charge is 0.412 e. The van der Waals surface area contributed by atoms with Crippen molar-refractivity contribution in [1.82, 2.24) is 5.32 Å². The number of amides is 2. The Morgan fingerprint density at radius 1 is 1.09 bits per heavy atom. The van der Waals surface area contributed by atoms with Gasteiger partial charge in [-0.1, -0.05) is 12.1 Å². The third-order valence-electron chi connectivity index (χ3n) is 5.14. The van der Waals surface area contributed by atoms with Gasteiger partial charge in [-0.15, -0.1) is 0 Å². The van der Waals surface area contributed by atoms with Gasteiger partial charge in [-0.2, -0.15) is 12.6 Å². The molecule has 3 atom stereocenters. The fourth-order valence-corrected chi connectivity index (χ4v) is 3.31. The first kappa shape index (κ1) is 28.7. The van der Waals surface area contributed by atoms with Crippen LogP contribution in [0.1, 0.15) is 31.2 Å². The second-order valence-corrected chi connectivity index (χ2v) is 8.16. The average Bonchev–Trinajstić information content (AvgIpc) is 3.57. The van der Waals surface area contributed by atoms with E-state index in [0.29, 0.717) is 12.2 Å². The topological polar surface area (TPSA) is 168 Å². The van der Waals surface area contributed by atoms with Crippen LogP contribution in [0.5, 0.6) is 5.75 Å². The summed E-state index contributed by atoms with van der Waals surface area (Å²) < 4.78 is 5.18. The zero-order chi connectivity index (χ0) is 23.0. The third kappa shape index (κ3) is 9.66. The van der Waals surface area contributed by atoms with E-state index in [1.54, 1.807) is 24.3 Å². The summed E-state index contributed by atoms with van der Waals surface area (Å²) in [7, 11) is 0. The number of hydrogen-bond acceptors (Lipinski definition) is 8. The summed E-state index contributed by atoms with van der Waals surface area (Å²) in [6.07, 6.45) is 1.73. The van der Waals surface area contributed by atoms with Crippen LogP contribution >= 0.6 is 12.6 Å². The number of benzene rings is 1. The zero-order valence-electron chi connectivity index (χ0n) is 17.9. The number of thiol groups is 1. The van der Waals surface area contributed by atoms with Gasteiger partial charge in [-0.3, -0.25) is 14.4 Å². The van der Waals surface area contributed by atoms with E-state index in [0.717, 1.165) is 18.4 Å². The summed E-state index contributed by atoms with van der Waals surface area (Å²) in [4.78, 5) is 47.1. The van der Waals surface area contributed by atoms with Crippen LogP contribution in [-0.4, -0.2) is 47.9 Å². The van der Waals surface area contributed by atoms with Gasteiger partial charge in [0.05, 0.1) is 18.0 Å². The Balaban J connectivity index is 0.00000512. The summed E-state index contributed by atoms with van der Waals surface area (Å²) in [6, 6.07) is 5.42. The maximum atomic E-state index is 12.0. The molecular formula is C21H30N4O5SY. The smallest absolute Gasteiger partial charge is 0.410 e. The standard InChI is InChI=1S/C21H30N4O5S.Y/c22-16(18(26)10-14(11-31)20(24)28)7-8-25-21(29)30-15-5-1-12(2-6-15)9-17(23)19(27)13-3-4-13;/h1-2,5-6,13-14,16-17,31H,3-4,7-11,22-23H2,(H2,24,28)(H,25,29);/t14-,16-,17-;/m0./s1.